The molecule has 2 aromatic rings. The van der Waals surface area contributed by atoms with Gasteiger partial charge in [-0.2, -0.15) is 4.98 Å². The molecule has 1 aromatic heterocycles. The molecule has 4 heteroatoms. The van der Waals surface area contributed by atoms with Crippen molar-refractivity contribution in [1.82, 2.24) is 9.88 Å². The number of anilines is 1. The minimum Gasteiger partial charge on any atom is -0.423 e. The van der Waals surface area contributed by atoms with E-state index >= 15 is 0 Å². The Morgan fingerprint density at radius 1 is 1.16 bits per heavy atom. The molecule has 0 N–H and O–H groups in total. The predicted octanol–water partition coefficient (Wildman–Crippen LogP) is 2.70. The van der Waals surface area contributed by atoms with Crippen LogP contribution < -0.4 is 4.90 Å². The van der Waals surface area contributed by atoms with E-state index in [-0.39, 0.29) is 0 Å². The van der Waals surface area contributed by atoms with Crippen molar-refractivity contribution < 1.29 is 4.42 Å². The van der Waals surface area contributed by atoms with Crippen molar-refractivity contribution in [1.29, 1.82) is 0 Å². The fourth-order valence-electron chi connectivity index (χ4n) is 2.42. The van der Waals surface area contributed by atoms with E-state index in [1.54, 1.807) is 0 Å². The third-order valence-corrected chi connectivity index (χ3v) is 3.84. The van der Waals surface area contributed by atoms with Gasteiger partial charge in [-0.3, -0.25) is 0 Å². The van der Waals surface area contributed by atoms with Crippen molar-refractivity contribution in [2.75, 3.05) is 38.1 Å². The molecule has 3 rings (SSSR count). The lowest BCUT2D eigenvalue weighted by Crippen LogP contribution is -2.44. The first-order chi connectivity index (χ1) is 9.13. The molecule has 2 heterocycles. The van der Waals surface area contributed by atoms with Crippen LogP contribution in [0.1, 0.15) is 25.3 Å². The number of fused-ring (bicyclic) bond motifs is 1. The minimum absolute atomic E-state index is 0.521. The SMILES string of the molecule is CC(C)c1ccc2oc(N3CCN(C)CC3)nc2c1. The van der Waals surface area contributed by atoms with Gasteiger partial charge in [-0.15, -0.1) is 0 Å². The first-order valence-corrected chi connectivity index (χ1v) is 6.97. The number of hydrogen-bond acceptors (Lipinski definition) is 4. The van der Waals surface area contributed by atoms with Crippen molar-refractivity contribution >= 4 is 17.1 Å². The van der Waals surface area contributed by atoms with Crippen molar-refractivity contribution in [3.8, 4) is 0 Å². The lowest BCUT2D eigenvalue weighted by molar-refractivity contribution is 0.305. The molecule has 4 nitrogen and oxygen atoms in total. The van der Waals surface area contributed by atoms with Gasteiger partial charge in [0.2, 0.25) is 0 Å². The molecular formula is C15H21N3O. The van der Waals surface area contributed by atoms with Crippen LogP contribution in [0.5, 0.6) is 0 Å². The molecule has 0 spiro atoms. The van der Waals surface area contributed by atoms with E-state index in [0.717, 1.165) is 43.3 Å². The zero-order valence-corrected chi connectivity index (χ0v) is 11.9. The van der Waals surface area contributed by atoms with Crippen molar-refractivity contribution in [3.63, 3.8) is 0 Å². The molecule has 0 saturated carbocycles. The molecule has 1 aromatic carbocycles. The standard InChI is InChI=1S/C15H21N3O/c1-11(2)12-4-5-14-13(10-12)16-15(19-14)18-8-6-17(3)7-9-18/h4-5,10-11H,6-9H2,1-3H3. The Labute approximate surface area is 114 Å². The van der Waals surface area contributed by atoms with Gasteiger partial charge in [-0.25, -0.2) is 0 Å². The number of rotatable bonds is 2. The molecule has 1 saturated heterocycles. The molecular weight excluding hydrogens is 238 g/mol. The van der Waals surface area contributed by atoms with Gasteiger partial charge in [-0.1, -0.05) is 19.9 Å². The molecule has 1 fully saturated rings. The van der Waals surface area contributed by atoms with E-state index in [1.165, 1.54) is 5.56 Å². The van der Waals surface area contributed by atoms with E-state index < -0.39 is 0 Å². The molecule has 0 amide bonds. The van der Waals surface area contributed by atoms with Gasteiger partial charge >= 0.3 is 0 Å². The number of benzene rings is 1. The summed E-state index contributed by atoms with van der Waals surface area (Å²) in [6, 6.07) is 7.08. The van der Waals surface area contributed by atoms with Crippen molar-refractivity contribution in [2.24, 2.45) is 0 Å². The number of aromatic nitrogens is 1. The molecule has 0 atom stereocenters. The predicted molar refractivity (Wildman–Crippen MR) is 77.8 cm³/mol. The van der Waals surface area contributed by atoms with Crippen molar-refractivity contribution in [2.45, 2.75) is 19.8 Å². The van der Waals surface area contributed by atoms with Crippen LogP contribution in [-0.2, 0) is 0 Å². The second-order valence-electron chi connectivity index (χ2n) is 5.67. The van der Waals surface area contributed by atoms with Crippen LogP contribution in [0.15, 0.2) is 22.6 Å². The number of likely N-dealkylation sites (N-methyl/N-ethyl adjacent to an activating group) is 1. The Balaban J connectivity index is 1.89. The Morgan fingerprint density at radius 3 is 2.58 bits per heavy atom. The van der Waals surface area contributed by atoms with Crippen LogP contribution in [-0.4, -0.2) is 43.1 Å². The highest BCUT2D eigenvalue weighted by atomic mass is 16.4. The van der Waals surface area contributed by atoms with Crippen LogP contribution >= 0.6 is 0 Å². The van der Waals surface area contributed by atoms with E-state index in [9.17, 15) is 0 Å². The van der Waals surface area contributed by atoms with Crippen LogP contribution in [0.3, 0.4) is 0 Å². The van der Waals surface area contributed by atoms with E-state index in [2.05, 4.69) is 47.8 Å². The third kappa shape index (κ3) is 2.45. The van der Waals surface area contributed by atoms with Crippen LogP contribution in [0.25, 0.3) is 11.1 Å². The fourth-order valence-corrected chi connectivity index (χ4v) is 2.42. The van der Waals surface area contributed by atoms with E-state index in [4.69, 9.17) is 4.42 Å². The fraction of sp³-hybridized carbons (Fsp3) is 0.533. The Hall–Kier alpha value is -1.55. The molecule has 0 bridgehead atoms. The average Bonchev–Trinajstić information content (AvgIpc) is 2.82. The summed E-state index contributed by atoms with van der Waals surface area (Å²) in [5, 5.41) is 0. The summed E-state index contributed by atoms with van der Waals surface area (Å²) in [6.45, 7) is 8.50. The van der Waals surface area contributed by atoms with Crippen LogP contribution in [0, 0.1) is 0 Å². The second-order valence-corrected chi connectivity index (χ2v) is 5.67. The van der Waals surface area contributed by atoms with Crippen LogP contribution in [0.2, 0.25) is 0 Å². The van der Waals surface area contributed by atoms with E-state index in [0.29, 0.717) is 5.92 Å². The summed E-state index contributed by atoms with van der Waals surface area (Å²) in [7, 11) is 2.15. The Kier molecular flexibility index (Phi) is 3.19. The normalized spacial score (nSPS) is 17.6. The summed E-state index contributed by atoms with van der Waals surface area (Å²) < 4.78 is 5.87. The average molecular weight is 259 g/mol. The summed E-state index contributed by atoms with van der Waals surface area (Å²) in [5.74, 6) is 0.521. The summed E-state index contributed by atoms with van der Waals surface area (Å²) in [4.78, 5) is 9.21. The zero-order valence-electron chi connectivity index (χ0n) is 11.9. The molecule has 102 valence electrons. The number of piperazine rings is 1. The maximum Gasteiger partial charge on any atom is 0.298 e. The molecule has 1 aliphatic heterocycles. The van der Waals surface area contributed by atoms with Gasteiger partial charge in [0.1, 0.15) is 5.52 Å². The Bertz CT molecular complexity index is 568. The lowest BCUT2D eigenvalue weighted by atomic mass is 10.0. The zero-order chi connectivity index (χ0) is 13.4. The quantitative estimate of drug-likeness (QED) is 0.830. The molecule has 1 aliphatic rings. The van der Waals surface area contributed by atoms with Gasteiger partial charge in [0.05, 0.1) is 0 Å². The monoisotopic (exact) mass is 259 g/mol. The highest BCUT2D eigenvalue weighted by molar-refractivity contribution is 5.75. The topological polar surface area (TPSA) is 32.5 Å². The maximum atomic E-state index is 5.87. The summed E-state index contributed by atoms with van der Waals surface area (Å²) >= 11 is 0. The van der Waals surface area contributed by atoms with Gasteiger partial charge in [0.25, 0.3) is 6.01 Å². The minimum atomic E-state index is 0.521. The maximum absolute atomic E-state index is 5.87. The third-order valence-electron chi connectivity index (χ3n) is 3.84. The summed E-state index contributed by atoms with van der Waals surface area (Å²) in [5.41, 5.74) is 3.17. The first kappa shape index (κ1) is 12.5. The van der Waals surface area contributed by atoms with Gasteiger partial charge in [0, 0.05) is 26.2 Å². The summed E-state index contributed by atoms with van der Waals surface area (Å²) in [6.07, 6.45) is 0. The largest absolute Gasteiger partial charge is 0.423 e. The molecule has 0 aliphatic carbocycles. The van der Waals surface area contributed by atoms with Crippen LogP contribution in [0.4, 0.5) is 6.01 Å². The molecule has 19 heavy (non-hydrogen) atoms. The lowest BCUT2D eigenvalue weighted by Gasteiger charge is -2.31. The number of hydrogen-bond donors (Lipinski definition) is 0. The number of oxazole rings is 1. The first-order valence-electron chi connectivity index (χ1n) is 6.97. The van der Waals surface area contributed by atoms with Crippen molar-refractivity contribution in [3.05, 3.63) is 23.8 Å². The van der Waals surface area contributed by atoms with Gasteiger partial charge in [-0.05, 0) is 30.7 Å². The molecule has 0 radical (unpaired) electrons. The van der Waals surface area contributed by atoms with Gasteiger partial charge < -0.3 is 14.2 Å². The second kappa shape index (κ2) is 4.85. The Morgan fingerprint density at radius 2 is 1.89 bits per heavy atom. The highest BCUT2D eigenvalue weighted by Crippen LogP contribution is 2.26. The van der Waals surface area contributed by atoms with Gasteiger partial charge in [0.15, 0.2) is 5.58 Å². The molecule has 0 unspecified atom stereocenters. The van der Waals surface area contributed by atoms with E-state index in [1.807, 2.05) is 6.07 Å². The highest BCUT2D eigenvalue weighted by Gasteiger charge is 2.19. The number of nitrogens with zero attached hydrogens (tertiary/aromatic N) is 3. The smallest absolute Gasteiger partial charge is 0.298 e.